The van der Waals surface area contributed by atoms with Crippen molar-refractivity contribution in [2.24, 2.45) is 11.8 Å². The first kappa shape index (κ1) is 8.63. The highest BCUT2D eigenvalue weighted by Crippen LogP contribution is 2.30. The minimum Gasteiger partial charge on any atom is -0.875 e. The van der Waals surface area contributed by atoms with Gasteiger partial charge in [0.1, 0.15) is 0 Å². The molecule has 0 amide bonds. The summed E-state index contributed by atoms with van der Waals surface area (Å²) in [7, 11) is 0. The van der Waals surface area contributed by atoms with Crippen LogP contribution < -0.4 is 5.11 Å². The van der Waals surface area contributed by atoms with Crippen LogP contribution >= 0.6 is 0 Å². The van der Waals surface area contributed by atoms with Gasteiger partial charge < -0.3 is 5.11 Å². The molecule has 1 nitrogen and oxygen atoms in total. The normalized spacial score (nSPS) is 26.4. The highest BCUT2D eigenvalue weighted by atomic mass is 16.3. The molecule has 0 heterocycles. The van der Waals surface area contributed by atoms with E-state index < -0.39 is 0 Å². The predicted molar refractivity (Wildman–Crippen MR) is 44.9 cm³/mol. The molecule has 1 unspecified atom stereocenters. The molecule has 64 valence electrons. The first-order chi connectivity index (χ1) is 5.11. The first-order valence-electron chi connectivity index (χ1n) is 4.50. The lowest BCUT2D eigenvalue weighted by atomic mass is 9.85. The van der Waals surface area contributed by atoms with E-state index in [2.05, 4.69) is 20.8 Å². The molecule has 0 saturated carbocycles. The summed E-state index contributed by atoms with van der Waals surface area (Å²) < 4.78 is 0. The van der Waals surface area contributed by atoms with Gasteiger partial charge in [-0.05, 0) is 31.1 Å². The predicted octanol–water partition coefficient (Wildman–Crippen LogP) is 2.08. The fraction of sp³-hybridized carbons (Fsp3) is 0.800. The van der Waals surface area contributed by atoms with Gasteiger partial charge in [-0.1, -0.05) is 26.3 Å². The molecule has 0 saturated heterocycles. The highest BCUT2D eigenvalue weighted by Gasteiger charge is 2.13. The van der Waals surface area contributed by atoms with E-state index >= 15 is 0 Å². The standard InChI is InChI=1S/C10H18O/c1-7(2)9-5-4-8(3)6-10(9)11/h7-8,11H,4-6H2,1-3H3/p-1. The maximum atomic E-state index is 11.4. The minimum atomic E-state index is 0.416. The largest absolute Gasteiger partial charge is 0.875 e. The third kappa shape index (κ3) is 1.98. The summed E-state index contributed by atoms with van der Waals surface area (Å²) in [6.07, 6.45) is 3.03. The van der Waals surface area contributed by atoms with Crippen LogP contribution in [0.25, 0.3) is 0 Å². The lowest BCUT2D eigenvalue weighted by molar-refractivity contribution is -0.312. The molecular weight excluding hydrogens is 136 g/mol. The van der Waals surface area contributed by atoms with E-state index in [1.807, 2.05) is 0 Å². The summed E-state index contributed by atoms with van der Waals surface area (Å²) in [6, 6.07) is 0. The molecule has 0 aromatic heterocycles. The van der Waals surface area contributed by atoms with Crippen LogP contribution in [0.1, 0.15) is 40.0 Å². The highest BCUT2D eigenvalue weighted by molar-refractivity contribution is 5.12. The van der Waals surface area contributed by atoms with Crippen molar-refractivity contribution in [3.63, 3.8) is 0 Å². The summed E-state index contributed by atoms with van der Waals surface area (Å²) in [5.74, 6) is 1.50. The van der Waals surface area contributed by atoms with Gasteiger partial charge in [0, 0.05) is 0 Å². The Hall–Kier alpha value is -0.460. The summed E-state index contributed by atoms with van der Waals surface area (Å²) in [5, 5.41) is 11.4. The van der Waals surface area contributed by atoms with Gasteiger partial charge in [0.25, 0.3) is 0 Å². The number of hydrogen-bond acceptors (Lipinski definition) is 1. The van der Waals surface area contributed by atoms with Crippen molar-refractivity contribution in [3.8, 4) is 0 Å². The molecule has 1 atom stereocenters. The van der Waals surface area contributed by atoms with E-state index in [9.17, 15) is 5.11 Å². The lowest BCUT2D eigenvalue weighted by Gasteiger charge is -2.30. The maximum Gasteiger partial charge on any atom is -0.0266 e. The zero-order valence-electron chi connectivity index (χ0n) is 7.68. The Kier molecular flexibility index (Phi) is 2.58. The number of allylic oxidation sites excluding steroid dienone is 2. The Morgan fingerprint density at radius 1 is 1.45 bits per heavy atom. The molecule has 1 aliphatic carbocycles. The van der Waals surface area contributed by atoms with E-state index in [4.69, 9.17) is 0 Å². The Bertz CT molecular complexity index is 168. The molecule has 0 N–H and O–H groups in total. The quantitative estimate of drug-likeness (QED) is 0.565. The average Bonchev–Trinajstić information content (AvgIpc) is 1.85. The van der Waals surface area contributed by atoms with Crippen molar-refractivity contribution in [1.82, 2.24) is 0 Å². The minimum absolute atomic E-state index is 0.416. The van der Waals surface area contributed by atoms with E-state index in [-0.39, 0.29) is 0 Å². The van der Waals surface area contributed by atoms with Crippen molar-refractivity contribution < 1.29 is 5.11 Å². The van der Waals surface area contributed by atoms with Crippen molar-refractivity contribution in [2.45, 2.75) is 40.0 Å². The van der Waals surface area contributed by atoms with Crippen LogP contribution in [-0.4, -0.2) is 0 Å². The van der Waals surface area contributed by atoms with E-state index in [1.54, 1.807) is 0 Å². The monoisotopic (exact) mass is 153 g/mol. The summed E-state index contributed by atoms with van der Waals surface area (Å²) in [4.78, 5) is 0. The van der Waals surface area contributed by atoms with Gasteiger partial charge in [0.15, 0.2) is 0 Å². The third-order valence-corrected chi connectivity index (χ3v) is 2.50. The Balaban J connectivity index is 2.70. The second-order valence-electron chi connectivity index (χ2n) is 3.95. The van der Waals surface area contributed by atoms with Crippen LogP contribution in [0.2, 0.25) is 0 Å². The molecule has 0 aliphatic heterocycles. The van der Waals surface area contributed by atoms with Crippen LogP contribution in [0.4, 0.5) is 0 Å². The number of rotatable bonds is 1. The summed E-state index contributed by atoms with van der Waals surface area (Å²) in [6.45, 7) is 6.39. The van der Waals surface area contributed by atoms with Crippen LogP contribution in [-0.2, 0) is 0 Å². The lowest BCUT2D eigenvalue weighted by Crippen LogP contribution is -2.19. The van der Waals surface area contributed by atoms with Crippen LogP contribution in [0.3, 0.4) is 0 Å². The summed E-state index contributed by atoms with van der Waals surface area (Å²) in [5.41, 5.74) is 1.17. The zero-order chi connectivity index (χ0) is 8.43. The van der Waals surface area contributed by atoms with Gasteiger partial charge >= 0.3 is 0 Å². The Morgan fingerprint density at radius 3 is 2.55 bits per heavy atom. The van der Waals surface area contributed by atoms with Crippen molar-refractivity contribution in [2.75, 3.05) is 0 Å². The number of hydrogen-bond donors (Lipinski definition) is 0. The smallest absolute Gasteiger partial charge is 0.0266 e. The maximum absolute atomic E-state index is 11.4. The fourth-order valence-corrected chi connectivity index (χ4v) is 1.70. The van der Waals surface area contributed by atoms with Crippen molar-refractivity contribution in [3.05, 3.63) is 11.3 Å². The van der Waals surface area contributed by atoms with E-state index in [0.717, 1.165) is 12.8 Å². The van der Waals surface area contributed by atoms with Gasteiger partial charge in [0.2, 0.25) is 0 Å². The van der Waals surface area contributed by atoms with Crippen LogP contribution in [0.5, 0.6) is 0 Å². The molecule has 0 bridgehead atoms. The molecule has 1 rings (SSSR count). The third-order valence-electron chi connectivity index (χ3n) is 2.50. The fourth-order valence-electron chi connectivity index (χ4n) is 1.70. The Morgan fingerprint density at radius 2 is 2.09 bits per heavy atom. The van der Waals surface area contributed by atoms with Crippen molar-refractivity contribution >= 4 is 0 Å². The average molecular weight is 153 g/mol. The Labute approximate surface area is 69.1 Å². The molecule has 11 heavy (non-hydrogen) atoms. The zero-order valence-corrected chi connectivity index (χ0v) is 7.68. The van der Waals surface area contributed by atoms with E-state index in [1.165, 1.54) is 12.0 Å². The molecule has 0 radical (unpaired) electrons. The molecular formula is C10H17O-. The SMILES string of the molecule is CC1CCC(C(C)C)=C([O-])C1. The summed E-state index contributed by atoms with van der Waals surface area (Å²) >= 11 is 0. The molecule has 0 aromatic rings. The van der Waals surface area contributed by atoms with E-state index in [0.29, 0.717) is 17.6 Å². The van der Waals surface area contributed by atoms with Gasteiger partial charge in [-0.2, -0.15) is 0 Å². The van der Waals surface area contributed by atoms with Gasteiger partial charge in [-0.25, -0.2) is 0 Å². The topological polar surface area (TPSA) is 23.1 Å². The molecule has 1 heteroatoms. The molecule has 0 aromatic carbocycles. The van der Waals surface area contributed by atoms with Crippen LogP contribution in [0, 0.1) is 11.8 Å². The van der Waals surface area contributed by atoms with Crippen LogP contribution in [0.15, 0.2) is 11.3 Å². The second-order valence-corrected chi connectivity index (χ2v) is 3.95. The first-order valence-corrected chi connectivity index (χ1v) is 4.50. The second kappa shape index (κ2) is 3.29. The van der Waals surface area contributed by atoms with Gasteiger partial charge in [-0.15, -0.1) is 5.76 Å². The molecule has 1 aliphatic rings. The molecule has 0 spiro atoms. The van der Waals surface area contributed by atoms with Gasteiger partial charge in [0.05, 0.1) is 0 Å². The molecule has 0 fully saturated rings. The van der Waals surface area contributed by atoms with Crippen molar-refractivity contribution in [1.29, 1.82) is 0 Å². The van der Waals surface area contributed by atoms with Gasteiger partial charge in [-0.3, -0.25) is 0 Å².